The van der Waals surface area contributed by atoms with E-state index in [0.29, 0.717) is 11.3 Å². The SMILES string of the molecule is COC(=O)[C@]1(C)C(=O)N(C(N)=O)[C@H](COc2ccc(-c3ccc(C(=N)N)cc3)cc2)C1C. The molecule has 1 aliphatic heterocycles. The van der Waals surface area contributed by atoms with Gasteiger partial charge in [-0.3, -0.25) is 19.9 Å². The average Bonchev–Trinajstić information content (AvgIpc) is 2.99. The Hall–Kier alpha value is -3.88. The number of methoxy groups -OCH3 is 1. The van der Waals surface area contributed by atoms with E-state index in [1.165, 1.54) is 14.0 Å². The van der Waals surface area contributed by atoms with Crippen LogP contribution in [-0.4, -0.2) is 48.4 Å². The quantitative estimate of drug-likeness (QED) is 0.272. The highest BCUT2D eigenvalue weighted by Crippen LogP contribution is 2.42. The first-order valence-electron chi connectivity index (χ1n) is 10.0. The second-order valence-corrected chi connectivity index (χ2v) is 7.89. The zero-order valence-corrected chi connectivity index (χ0v) is 18.1. The van der Waals surface area contributed by atoms with Gasteiger partial charge in [-0.2, -0.15) is 0 Å². The van der Waals surface area contributed by atoms with Crippen LogP contribution in [0.5, 0.6) is 5.75 Å². The molecule has 1 heterocycles. The zero-order valence-electron chi connectivity index (χ0n) is 18.1. The van der Waals surface area contributed by atoms with E-state index in [-0.39, 0.29) is 12.4 Å². The summed E-state index contributed by atoms with van der Waals surface area (Å²) in [6.07, 6.45) is 0. The number of rotatable bonds is 6. The first kappa shape index (κ1) is 22.8. The van der Waals surface area contributed by atoms with Crippen molar-refractivity contribution in [1.29, 1.82) is 5.41 Å². The molecule has 0 aliphatic carbocycles. The third kappa shape index (κ3) is 3.89. The van der Waals surface area contributed by atoms with Crippen molar-refractivity contribution in [2.24, 2.45) is 22.8 Å². The molecule has 9 heteroatoms. The lowest BCUT2D eigenvalue weighted by Crippen LogP contribution is -2.47. The normalized spacial score (nSPS) is 22.5. The first-order chi connectivity index (χ1) is 15.1. The summed E-state index contributed by atoms with van der Waals surface area (Å²) in [5.74, 6) is -1.43. The molecule has 1 unspecified atom stereocenters. The number of nitrogen functional groups attached to an aromatic ring is 1. The number of hydrogen-bond donors (Lipinski definition) is 3. The number of imide groups is 1. The molecule has 9 nitrogen and oxygen atoms in total. The number of amides is 3. The van der Waals surface area contributed by atoms with Gasteiger partial charge < -0.3 is 20.9 Å². The van der Waals surface area contributed by atoms with Crippen LogP contribution in [0.4, 0.5) is 4.79 Å². The molecule has 1 fully saturated rings. The Kier molecular flexibility index (Phi) is 6.20. The van der Waals surface area contributed by atoms with Gasteiger partial charge in [-0.05, 0) is 30.2 Å². The number of ether oxygens (including phenoxy) is 2. The molecule has 3 rings (SSSR count). The van der Waals surface area contributed by atoms with E-state index >= 15 is 0 Å². The summed E-state index contributed by atoms with van der Waals surface area (Å²) in [7, 11) is 1.20. The number of esters is 1. The number of urea groups is 1. The number of carbonyl (C=O) groups is 3. The summed E-state index contributed by atoms with van der Waals surface area (Å²) in [4.78, 5) is 37.9. The number of amidine groups is 1. The van der Waals surface area contributed by atoms with E-state index < -0.39 is 35.3 Å². The fourth-order valence-electron chi connectivity index (χ4n) is 3.94. The molecular weight excluding hydrogens is 412 g/mol. The Labute approximate surface area is 185 Å². The molecule has 3 atom stereocenters. The highest BCUT2D eigenvalue weighted by atomic mass is 16.5. The maximum atomic E-state index is 12.8. The van der Waals surface area contributed by atoms with Crippen LogP contribution in [0.2, 0.25) is 0 Å². The van der Waals surface area contributed by atoms with Crippen LogP contribution in [0.25, 0.3) is 11.1 Å². The topological polar surface area (TPSA) is 149 Å². The first-order valence-corrected chi connectivity index (χ1v) is 10.0. The predicted octanol–water partition coefficient (Wildman–Crippen LogP) is 2.12. The van der Waals surface area contributed by atoms with Crippen molar-refractivity contribution in [3.63, 3.8) is 0 Å². The summed E-state index contributed by atoms with van der Waals surface area (Å²) in [6.45, 7) is 3.13. The molecule has 32 heavy (non-hydrogen) atoms. The zero-order chi connectivity index (χ0) is 23.6. The predicted molar refractivity (Wildman–Crippen MR) is 118 cm³/mol. The molecular formula is C23H26N4O5. The van der Waals surface area contributed by atoms with Gasteiger partial charge in [-0.25, -0.2) is 4.79 Å². The largest absolute Gasteiger partial charge is 0.491 e. The summed E-state index contributed by atoms with van der Waals surface area (Å²) < 4.78 is 10.6. The number of likely N-dealkylation sites (tertiary alicyclic amines) is 1. The molecule has 1 aliphatic rings. The van der Waals surface area contributed by atoms with Crippen LogP contribution in [0.1, 0.15) is 19.4 Å². The summed E-state index contributed by atoms with van der Waals surface area (Å²) in [5.41, 5.74) is 11.9. The lowest BCUT2D eigenvalue weighted by Gasteiger charge is -2.25. The monoisotopic (exact) mass is 438 g/mol. The van der Waals surface area contributed by atoms with E-state index in [9.17, 15) is 14.4 Å². The summed E-state index contributed by atoms with van der Waals surface area (Å²) in [6, 6.07) is 12.9. The minimum Gasteiger partial charge on any atom is -0.491 e. The van der Waals surface area contributed by atoms with E-state index in [1.807, 2.05) is 24.3 Å². The Morgan fingerprint density at radius 2 is 1.59 bits per heavy atom. The number of nitrogens with two attached hydrogens (primary N) is 2. The molecule has 3 amide bonds. The number of primary amides is 1. The van der Waals surface area contributed by atoms with Gasteiger partial charge in [-0.1, -0.05) is 43.3 Å². The van der Waals surface area contributed by atoms with Gasteiger partial charge in [0.1, 0.15) is 23.6 Å². The number of carbonyl (C=O) groups excluding carboxylic acids is 3. The van der Waals surface area contributed by atoms with E-state index in [2.05, 4.69) is 0 Å². The molecule has 0 spiro atoms. The Morgan fingerprint density at radius 3 is 2.06 bits per heavy atom. The van der Waals surface area contributed by atoms with Gasteiger partial charge in [0, 0.05) is 11.5 Å². The Balaban J connectivity index is 1.75. The molecule has 2 aromatic carbocycles. The fraction of sp³-hybridized carbons (Fsp3) is 0.304. The number of nitrogens with one attached hydrogen (secondary N) is 1. The van der Waals surface area contributed by atoms with Gasteiger partial charge in [-0.15, -0.1) is 0 Å². The minimum absolute atomic E-state index is 0.00761. The lowest BCUT2D eigenvalue weighted by atomic mass is 9.78. The van der Waals surface area contributed by atoms with Crippen molar-refractivity contribution < 1.29 is 23.9 Å². The van der Waals surface area contributed by atoms with Crippen molar-refractivity contribution >= 4 is 23.7 Å². The van der Waals surface area contributed by atoms with Crippen LogP contribution in [0, 0.1) is 16.7 Å². The number of nitrogens with zero attached hydrogens (tertiary/aromatic N) is 1. The highest BCUT2D eigenvalue weighted by molar-refractivity contribution is 6.10. The summed E-state index contributed by atoms with van der Waals surface area (Å²) in [5, 5.41) is 7.46. The average molecular weight is 438 g/mol. The van der Waals surface area contributed by atoms with Crippen molar-refractivity contribution in [1.82, 2.24) is 4.90 Å². The van der Waals surface area contributed by atoms with E-state index in [0.717, 1.165) is 16.0 Å². The second kappa shape index (κ2) is 8.70. The van der Waals surface area contributed by atoms with Crippen LogP contribution >= 0.6 is 0 Å². The Bertz CT molecular complexity index is 1050. The molecule has 0 aromatic heterocycles. The van der Waals surface area contributed by atoms with Gasteiger partial charge >= 0.3 is 12.0 Å². The fourth-order valence-corrected chi connectivity index (χ4v) is 3.94. The highest BCUT2D eigenvalue weighted by Gasteiger charge is 2.61. The maximum absolute atomic E-state index is 12.8. The van der Waals surface area contributed by atoms with Crippen molar-refractivity contribution in [3.05, 3.63) is 54.1 Å². The molecule has 0 bridgehead atoms. The van der Waals surface area contributed by atoms with Gasteiger partial charge in [0.05, 0.1) is 13.2 Å². The molecule has 0 radical (unpaired) electrons. The van der Waals surface area contributed by atoms with Crippen LogP contribution < -0.4 is 16.2 Å². The smallest absolute Gasteiger partial charge is 0.321 e. The molecule has 1 saturated heterocycles. The van der Waals surface area contributed by atoms with E-state index in [1.54, 1.807) is 31.2 Å². The van der Waals surface area contributed by atoms with Crippen molar-refractivity contribution in [2.75, 3.05) is 13.7 Å². The van der Waals surface area contributed by atoms with Gasteiger partial charge in [0.2, 0.25) is 5.91 Å². The van der Waals surface area contributed by atoms with Crippen molar-refractivity contribution in [3.8, 4) is 16.9 Å². The standard InChI is InChI=1S/C23H26N4O5/c1-13-18(27(22(26)30)20(28)23(13,2)21(29)31-3)12-32-17-10-8-15(9-11-17)14-4-6-16(7-5-14)19(24)25/h4-11,13,18H,12H2,1-3H3,(H3,24,25)(H2,26,30)/t13?,18-,23+/m1/s1. The van der Waals surface area contributed by atoms with Crippen LogP contribution in [0.15, 0.2) is 48.5 Å². The van der Waals surface area contributed by atoms with E-state index in [4.69, 9.17) is 26.4 Å². The number of benzene rings is 2. The lowest BCUT2D eigenvalue weighted by molar-refractivity contribution is -0.159. The minimum atomic E-state index is -1.52. The molecule has 2 aromatic rings. The van der Waals surface area contributed by atoms with Crippen LogP contribution in [0.3, 0.4) is 0 Å². The summed E-state index contributed by atoms with van der Waals surface area (Å²) >= 11 is 0. The molecule has 5 N–H and O–H groups in total. The maximum Gasteiger partial charge on any atom is 0.321 e. The third-order valence-electron chi connectivity index (χ3n) is 6.13. The second-order valence-electron chi connectivity index (χ2n) is 7.89. The number of hydrogen-bond acceptors (Lipinski definition) is 6. The van der Waals surface area contributed by atoms with Crippen molar-refractivity contribution in [2.45, 2.75) is 19.9 Å². The van der Waals surface area contributed by atoms with Gasteiger partial charge in [0.25, 0.3) is 0 Å². The van der Waals surface area contributed by atoms with Crippen LogP contribution in [-0.2, 0) is 14.3 Å². The van der Waals surface area contributed by atoms with Gasteiger partial charge in [0.15, 0.2) is 0 Å². The Morgan fingerprint density at radius 1 is 1.06 bits per heavy atom. The molecule has 0 saturated carbocycles. The third-order valence-corrected chi connectivity index (χ3v) is 6.13. The molecule has 168 valence electrons.